The van der Waals surface area contributed by atoms with Crippen molar-refractivity contribution in [2.24, 2.45) is 0 Å². The van der Waals surface area contributed by atoms with Gasteiger partial charge in [0.05, 0.1) is 29.8 Å². The molecule has 1 aliphatic heterocycles. The van der Waals surface area contributed by atoms with Crippen LogP contribution < -0.4 is 0 Å². The SMILES string of the molecule is CCCCCCOC(=O)C(CCCC)[N+]1(CC#CI)CCCC1.CS(=O)(=O)[O-]. The molecule has 28 heavy (non-hydrogen) atoms. The highest BCUT2D eigenvalue weighted by atomic mass is 127. The van der Waals surface area contributed by atoms with E-state index in [-0.39, 0.29) is 12.0 Å². The number of carbonyl (C=O) groups excluding carboxylic acids is 1. The number of carbonyl (C=O) groups is 1. The minimum atomic E-state index is -3.92. The molecule has 1 rings (SSSR count). The van der Waals surface area contributed by atoms with Crippen molar-refractivity contribution in [1.29, 1.82) is 0 Å². The van der Waals surface area contributed by atoms with E-state index >= 15 is 0 Å². The van der Waals surface area contributed by atoms with Crippen molar-refractivity contribution < 1.29 is 27.0 Å². The van der Waals surface area contributed by atoms with Crippen molar-refractivity contribution in [3.8, 4) is 9.85 Å². The standard InChI is InChI=1S/C19H33INO2.CH4O3S/c1-3-5-7-10-17-23-19(22)18(12-6-4-2)21(16-11-13-20)14-8-9-15-21;1-5(2,3)4/h18H,3-10,12,14-17H2,1-2H3;1H3,(H,2,3,4)/q+1;/p-1. The van der Waals surface area contributed by atoms with Crippen LogP contribution in [0.5, 0.6) is 0 Å². The maximum atomic E-state index is 12.7. The van der Waals surface area contributed by atoms with Crippen LogP contribution in [0.4, 0.5) is 0 Å². The first-order valence-electron chi connectivity index (χ1n) is 10.2. The third-order valence-corrected chi connectivity index (χ3v) is 5.31. The molecule has 0 aliphatic carbocycles. The molecule has 0 N–H and O–H groups in total. The molecular formula is C20H36INO5S. The fraction of sp³-hybridized carbons (Fsp3) is 0.850. The average molecular weight is 529 g/mol. The van der Waals surface area contributed by atoms with E-state index < -0.39 is 10.1 Å². The molecule has 1 fully saturated rings. The molecule has 0 bridgehead atoms. The molecule has 1 atom stereocenters. The second kappa shape index (κ2) is 15.5. The third-order valence-electron chi connectivity index (χ3n) is 4.92. The van der Waals surface area contributed by atoms with Gasteiger partial charge < -0.3 is 13.8 Å². The van der Waals surface area contributed by atoms with Crippen LogP contribution in [-0.4, -0.2) is 62.0 Å². The van der Waals surface area contributed by atoms with Gasteiger partial charge in [0.1, 0.15) is 6.54 Å². The number of unbranched alkanes of at least 4 members (excludes halogenated alkanes) is 4. The second-order valence-electron chi connectivity index (χ2n) is 7.39. The summed E-state index contributed by atoms with van der Waals surface area (Å²) in [5.74, 6) is 3.25. The van der Waals surface area contributed by atoms with Crippen LogP contribution in [0.15, 0.2) is 0 Å². The van der Waals surface area contributed by atoms with Crippen molar-refractivity contribution in [3.63, 3.8) is 0 Å². The van der Waals surface area contributed by atoms with Crippen molar-refractivity contribution in [1.82, 2.24) is 0 Å². The Morgan fingerprint density at radius 3 is 2.21 bits per heavy atom. The average Bonchev–Trinajstić information content (AvgIpc) is 3.08. The normalized spacial score (nSPS) is 16.3. The van der Waals surface area contributed by atoms with Gasteiger partial charge in [-0.1, -0.05) is 39.5 Å². The van der Waals surface area contributed by atoms with E-state index in [0.29, 0.717) is 12.9 Å². The third kappa shape index (κ3) is 13.0. The molecule has 1 heterocycles. The van der Waals surface area contributed by atoms with Gasteiger partial charge in [0, 0.05) is 48.1 Å². The van der Waals surface area contributed by atoms with Crippen LogP contribution in [0.1, 0.15) is 71.6 Å². The van der Waals surface area contributed by atoms with Gasteiger partial charge in [-0.05, 0) is 22.7 Å². The Morgan fingerprint density at radius 2 is 1.71 bits per heavy atom. The summed E-state index contributed by atoms with van der Waals surface area (Å²) in [6.45, 7) is 7.91. The molecule has 164 valence electrons. The number of rotatable bonds is 11. The van der Waals surface area contributed by atoms with E-state index in [2.05, 4.69) is 46.3 Å². The Bertz CT molecular complexity index is 583. The van der Waals surface area contributed by atoms with Crippen LogP contribution in [0, 0.1) is 9.85 Å². The molecule has 8 heteroatoms. The molecule has 0 amide bonds. The number of likely N-dealkylation sites (tertiary alicyclic amines) is 1. The molecular weight excluding hydrogens is 493 g/mol. The van der Waals surface area contributed by atoms with E-state index in [1.54, 1.807) is 0 Å². The lowest BCUT2D eigenvalue weighted by Crippen LogP contribution is -2.57. The number of halogens is 1. The van der Waals surface area contributed by atoms with E-state index in [1.165, 1.54) is 25.7 Å². The van der Waals surface area contributed by atoms with Crippen molar-refractivity contribution in [2.45, 2.75) is 77.7 Å². The molecule has 1 aliphatic rings. The minimum absolute atomic E-state index is 0.0131. The maximum Gasteiger partial charge on any atom is 0.365 e. The number of hydrogen-bond donors (Lipinski definition) is 0. The quantitative estimate of drug-likeness (QED) is 0.101. The summed E-state index contributed by atoms with van der Waals surface area (Å²) in [7, 11) is -3.92. The highest BCUT2D eigenvalue weighted by Crippen LogP contribution is 2.27. The number of nitrogens with zero attached hydrogens (tertiary/aromatic N) is 1. The smallest absolute Gasteiger partial charge is 0.365 e. The first-order chi connectivity index (χ1) is 13.2. The number of quaternary nitrogens is 1. The fourth-order valence-electron chi connectivity index (χ4n) is 3.54. The highest BCUT2D eigenvalue weighted by molar-refractivity contribution is 14.1. The van der Waals surface area contributed by atoms with Crippen LogP contribution in [0.25, 0.3) is 0 Å². The zero-order valence-electron chi connectivity index (χ0n) is 17.5. The van der Waals surface area contributed by atoms with Gasteiger partial charge in [0.25, 0.3) is 0 Å². The first-order valence-corrected chi connectivity index (χ1v) is 13.1. The summed E-state index contributed by atoms with van der Waals surface area (Å²) in [5.41, 5.74) is 0. The highest BCUT2D eigenvalue weighted by Gasteiger charge is 2.44. The molecule has 0 spiro atoms. The Morgan fingerprint density at radius 1 is 1.14 bits per heavy atom. The lowest BCUT2D eigenvalue weighted by molar-refractivity contribution is -0.926. The minimum Gasteiger partial charge on any atom is -0.748 e. The second-order valence-corrected chi connectivity index (χ2v) is 9.34. The van der Waals surface area contributed by atoms with Crippen LogP contribution in [-0.2, 0) is 19.6 Å². The van der Waals surface area contributed by atoms with Gasteiger partial charge in [-0.25, -0.2) is 13.2 Å². The van der Waals surface area contributed by atoms with Crippen LogP contribution >= 0.6 is 22.6 Å². The van der Waals surface area contributed by atoms with Gasteiger partial charge in [0.2, 0.25) is 0 Å². The molecule has 0 aromatic heterocycles. The van der Waals surface area contributed by atoms with E-state index in [1.807, 2.05) is 0 Å². The lowest BCUT2D eigenvalue weighted by Gasteiger charge is -2.38. The van der Waals surface area contributed by atoms with Gasteiger partial charge in [-0.3, -0.25) is 0 Å². The van der Waals surface area contributed by atoms with Gasteiger partial charge >= 0.3 is 5.97 Å². The van der Waals surface area contributed by atoms with Crippen molar-refractivity contribution in [3.05, 3.63) is 0 Å². The Balaban J connectivity index is 0.00000129. The summed E-state index contributed by atoms with van der Waals surface area (Å²) >= 11 is 2.10. The van der Waals surface area contributed by atoms with Crippen molar-refractivity contribution >= 4 is 38.7 Å². The first kappa shape index (κ1) is 27.6. The van der Waals surface area contributed by atoms with Crippen LogP contribution in [0.3, 0.4) is 0 Å². The zero-order valence-corrected chi connectivity index (χ0v) is 20.5. The largest absolute Gasteiger partial charge is 0.748 e. The molecule has 0 saturated carbocycles. The van der Waals surface area contributed by atoms with Gasteiger partial charge in [-0.15, -0.1) is 0 Å². The summed E-state index contributed by atoms with van der Waals surface area (Å²) < 4.78 is 36.7. The summed E-state index contributed by atoms with van der Waals surface area (Å²) in [6, 6.07) is -0.0131. The van der Waals surface area contributed by atoms with Crippen molar-refractivity contribution in [2.75, 3.05) is 32.5 Å². The predicted molar refractivity (Wildman–Crippen MR) is 120 cm³/mol. The van der Waals surface area contributed by atoms with E-state index in [4.69, 9.17) is 17.7 Å². The maximum absolute atomic E-state index is 12.7. The summed E-state index contributed by atoms with van der Waals surface area (Å²) in [6.07, 6.45) is 10.7. The Kier molecular flexibility index (Phi) is 15.3. The van der Waals surface area contributed by atoms with E-state index in [0.717, 1.165) is 56.2 Å². The summed E-state index contributed by atoms with van der Waals surface area (Å²) in [4.78, 5) is 12.7. The Hall–Kier alpha value is -0.370. The molecule has 1 unspecified atom stereocenters. The molecule has 0 radical (unpaired) electrons. The molecule has 0 aromatic carbocycles. The van der Waals surface area contributed by atoms with E-state index in [9.17, 15) is 4.79 Å². The Labute approximate surface area is 185 Å². The number of ether oxygens (including phenoxy) is 1. The molecule has 6 nitrogen and oxygen atoms in total. The lowest BCUT2D eigenvalue weighted by atomic mass is 10.1. The molecule has 1 saturated heterocycles. The monoisotopic (exact) mass is 529 g/mol. The topological polar surface area (TPSA) is 83.5 Å². The van der Waals surface area contributed by atoms with Gasteiger partial charge in [0.15, 0.2) is 6.04 Å². The zero-order chi connectivity index (χ0) is 21.5. The van der Waals surface area contributed by atoms with Crippen LogP contribution in [0.2, 0.25) is 0 Å². The number of hydrogen-bond acceptors (Lipinski definition) is 5. The predicted octanol–water partition coefficient (Wildman–Crippen LogP) is 3.84. The fourth-order valence-corrected chi connectivity index (χ4v) is 3.71. The summed E-state index contributed by atoms with van der Waals surface area (Å²) in [5, 5.41) is 0. The number of esters is 1. The van der Waals surface area contributed by atoms with Gasteiger partial charge in [-0.2, -0.15) is 0 Å². The molecule has 0 aromatic rings.